The van der Waals surface area contributed by atoms with Gasteiger partial charge in [-0.25, -0.2) is 17.2 Å². The number of carbonyl (C=O) groups is 2. The Labute approximate surface area is 254 Å². The molecular weight excluding hydrogens is 607 g/mol. The Kier molecular flexibility index (Phi) is 10.5. The molecule has 42 heavy (non-hydrogen) atoms. The van der Waals surface area contributed by atoms with Gasteiger partial charge in [0, 0.05) is 35.1 Å². The molecule has 0 aliphatic heterocycles. The molecule has 1 N–H and O–H groups in total. The highest BCUT2D eigenvalue weighted by Crippen LogP contribution is 2.26. The van der Waals surface area contributed by atoms with Crippen LogP contribution in [0.2, 0.25) is 10.0 Å². The standard InChI is InChI=1S/C30H31Cl2F2N3O4S/c1-42(40,41)37(24-13-14-26(33)27(34)17-24)19-29(38)36(18-21-11-12-22(31)16-25(21)32)28(15-20-7-3-2-4-8-20)30(39)35-23-9-5-6-10-23/h2-4,7-8,11-14,16-17,23,28H,5-6,9-10,15,18-19H2,1H3,(H,35,39)/t28-/m0/s1. The van der Waals surface area contributed by atoms with E-state index in [0.29, 0.717) is 21.0 Å². The fourth-order valence-electron chi connectivity index (χ4n) is 5.01. The SMILES string of the molecule is CS(=O)(=O)N(CC(=O)N(Cc1ccc(Cl)cc1Cl)[C@@H](Cc1ccccc1)C(=O)NC1CCCC1)c1ccc(F)c(F)c1. The van der Waals surface area contributed by atoms with Crippen LogP contribution in [0.15, 0.2) is 66.7 Å². The van der Waals surface area contributed by atoms with Crippen molar-refractivity contribution < 1.29 is 26.8 Å². The van der Waals surface area contributed by atoms with Crippen LogP contribution in [0.5, 0.6) is 0 Å². The minimum atomic E-state index is -4.13. The first kappa shape index (κ1) is 31.7. The monoisotopic (exact) mass is 637 g/mol. The molecule has 0 unspecified atom stereocenters. The van der Waals surface area contributed by atoms with Crippen molar-refractivity contribution in [1.82, 2.24) is 10.2 Å². The Morgan fingerprint density at radius 3 is 2.29 bits per heavy atom. The number of hydrogen-bond acceptors (Lipinski definition) is 4. The smallest absolute Gasteiger partial charge is 0.244 e. The van der Waals surface area contributed by atoms with E-state index in [0.717, 1.165) is 49.6 Å². The molecule has 4 rings (SSSR count). The van der Waals surface area contributed by atoms with Crippen LogP contribution in [0.25, 0.3) is 0 Å². The molecule has 1 aliphatic rings. The summed E-state index contributed by atoms with van der Waals surface area (Å²) in [4.78, 5) is 29.2. The van der Waals surface area contributed by atoms with E-state index < -0.39 is 40.2 Å². The topological polar surface area (TPSA) is 86.8 Å². The summed E-state index contributed by atoms with van der Waals surface area (Å²) in [5.74, 6) is -3.55. The molecule has 0 radical (unpaired) electrons. The fraction of sp³-hybridized carbons (Fsp3) is 0.333. The number of benzene rings is 3. The van der Waals surface area contributed by atoms with Gasteiger partial charge >= 0.3 is 0 Å². The average Bonchev–Trinajstić information content (AvgIpc) is 3.45. The number of nitrogens with one attached hydrogen (secondary N) is 1. The third kappa shape index (κ3) is 8.20. The summed E-state index contributed by atoms with van der Waals surface area (Å²) < 4.78 is 54.0. The second kappa shape index (κ2) is 13.8. The lowest BCUT2D eigenvalue weighted by molar-refractivity contribution is -0.140. The lowest BCUT2D eigenvalue weighted by Crippen LogP contribution is -2.54. The zero-order valence-corrected chi connectivity index (χ0v) is 25.2. The van der Waals surface area contributed by atoms with Crippen LogP contribution in [-0.2, 0) is 32.6 Å². The Morgan fingerprint density at radius 1 is 0.976 bits per heavy atom. The molecule has 1 saturated carbocycles. The van der Waals surface area contributed by atoms with Crippen LogP contribution in [0, 0.1) is 11.6 Å². The first-order valence-electron chi connectivity index (χ1n) is 13.4. The van der Waals surface area contributed by atoms with Crippen LogP contribution in [0.1, 0.15) is 36.8 Å². The lowest BCUT2D eigenvalue weighted by atomic mass is 10.0. The number of amides is 2. The second-order valence-corrected chi connectivity index (χ2v) is 13.1. The zero-order chi connectivity index (χ0) is 30.4. The molecule has 12 heteroatoms. The van der Waals surface area contributed by atoms with Gasteiger partial charge in [-0.3, -0.25) is 13.9 Å². The van der Waals surface area contributed by atoms with Crippen LogP contribution >= 0.6 is 23.2 Å². The molecule has 3 aromatic carbocycles. The largest absolute Gasteiger partial charge is 0.352 e. The maximum Gasteiger partial charge on any atom is 0.244 e. The number of anilines is 1. The van der Waals surface area contributed by atoms with Crippen molar-refractivity contribution in [2.45, 2.75) is 50.7 Å². The van der Waals surface area contributed by atoms with Gasteiger partial charge in [0.2, 0.25) is 21.8 Å². The van der Waals surface area contributed by atoms with E-state index in [9.17, 15) is 26.8 Å². The summed E-state index contributed by atoms with van der Waals surface area (Å²) in [7, 11) is -4.13. The van der Waals surface area contributed by atoms with Crippen molar-refractivity contribution in [3.8, 4) is 0 Å². The normalized spacial score (nSPS) is 14.4. The van der Waals surface area contributed by atoms with E-state index in [1.54, 1.807) is 12.1 Å². The maximum atomic E-state index is 14.1. The molecule has 0 bridgehead atoms. The molecular formula is C30H31Cl2F2N3O4S. The van der Waals surface area contributed by atoms with E-state index in [2.05, 4.69) is 5.32 Å². The number of hydrogen-bond donors (Lipinski definition) is 1. The van der Waals surface area contributed by atoms with E-state index in [4.69, 9.17) is 23.2 Å². The molecule has 7 nitrogen and oxygen atoms in total. The summed E-state index contributed by atoms with van der Waals surface area (Å²) in [6.45, 7) is -0.906. The molecule has 0 spiro atoms. The Balaban J connectivity index is 1.75. The van der Waals surface area contributed by atoms with Gasteiger partial charge in [-0.1, -0.05) is 72.4 Å². The highest BCUT2D eigenvalue weighted by Gasteiger charge is 2.34. The number of carbonyl (C=O) groups excluding carboxylic acids is 2. The van der Waals surface area contributed by atoms with Crippen molar-refractivity contribution >= 4 is 50.7 Å². The van der Waals surface area contributed by atoms with Gasteiger partial charge in [0.1, 0.15) is 12.6 Å². The predicted octanol–water partition coefficient (Wildman–Crippen LogP) is 5.74. The fourth-order valence-corrected chi connectivity index (χ4v) is 6.32. The molecule has 1 aliphatic carbocycles. The van der Waals surface area contributed by atoms with Crippen LogP contribution in [-0.4, -0.2) is 50.0 Å². The molecule has 1 fully saturated rings. The van der Waals surface area contributed by atoms with E-state index in [1.807, 2.05) is 30.3 Å². The second-order valence-electron chi connectivity index (χ2n) is 10.3. The molecule has 2 amide bonds. The molecule has 224 valence electrons. The summed E-state index contributed by atoms with van der Waals surface area (Å²) in [5.41, 5.74) is 1.04. The third-order valence-electron chi connectivity index (χ3n) is 7.20. The van der Waals surface area contributed by atoms with E-state index in [-0.39, 0.29) is 35.6 Å². The number of halogens is 4. The van der Waals surface area contributed by atoms with Crippen molar-refractivity contribution in [3.05, 3.63) is 99.5 Å². The van der Waals surface area contributed by atoms with Crippen molar-refractivity contribution in [1.29, 1.82) is 0 Å². The minimum Gasteiger partial charge on any atom is -0.352 e. The number of rotatable bonds is 11. The highest BCUT2D eigenvalue weighted by atomic mass is 35.5. The van der Waals surface area contributed by atoms with Gasteiger partial charge < -0.3 is 10.2 Å². The summed E-state index contributed by atoms with van der Waals surface area (Å²) in [5, 5.41) is 3.70. The van der Waals surface area contributed by atoms with Gasteiger partial charge in [-0.05, 0) is 48.2 Å². The lowest BCUT2D eigenvalue weighted by Gasteiger charge is -2.34. The predicted molar refractivity (Wildman–Crippen MR) is 160 cm³/mol. The molecule has 0 saturated heterocycles. The summed E-state index contributed by atoms with van der Waals surface area (Å²) in [6, 6.07) is 15.3. The Hall–Kier alpha value is -3.21. The van der Waals surface area contributed by atoms with Gasteiger partial charge in [0.15, 0.2) is 11.6 Å². The van der Waals surface area contributed by atoms with Crippen LogP contribution in [0.4, 0.5) is 14.5 Å². The Bertz CT molecular complexity index is 1540. The first-order valence-corrected chi connectivity index (χ1v) is 16.0. The molecule has 0 heterocycles. The maximum absolute atomic E-state index is 14.1. The van der Waals surface area contributed by atoms with E-state index >= 15 is 0 Å². The highest BCUT2D eigenvalue weighted by molar-refractivity contribution is 7.92. The Morgan fingerprint density at radius 2 is 1.67 bits per heavy atom. The van der Waals surface area contributed by atoms with Gasteiger partial charge in [0.25, 0.3) is 0 Å². The average molecular weight is 639 g/mol. The van der Waals surface area contributed by atoms with Crippen molar-refractivity contribution in [3.63, 3.8) is 0 Å². The third-order valence-corrected chi connectivity index (χ3v) is 8.93. The van der Waals surface area contributed by atoms with Gasteiger partial charge in [-0.2, -0.15) is 0 Å². The van der Waals surface area contributed by atoms with Crippen LogP contribution < -0.4 is 9.62 Å². The van der Waals surface area contributed by atoms with Gasteiger partial charge in [0.05, 0.1) is 11.9 Å². The number of sulfonamides is 1. The number of nitrogens with zero attached hydrogens (tertiary/aromatic N) is 2. The minimum absolute atomic E-state index is 0.0402. The zero-order valence-electron chi connectivity index (χ0n) is 22.9. The first-order chi connectivity index (χ1) is 19.9. The van der Waals surface area contributed by atoms with Crippen LogP contribution in [0.3, 0.4) is 0 Å². The van der Waals surface area contributed by atoms with E-state index in [1.165, 1.54) is 11.0 Å². The molecule has 1 atom stereocenters. The molecule has 3 aromatic rings. The van der Waals surface area contributed by atoms with Crippen molar-refractivity contribution in [2.75, 3.05) is 17.1 Å². The van der Waals surface area contributed by atoms with Gasteiger partial charge in [-0.15, -0.1) is 0 Å². The molecule has 0 aromatic heterocycles. The van der Waals surface area contributed by atoms with Crippen molar-refractivity contribution in [2.24, 2.45) is 0 Å². The summed E-state index contributed by atoms with van der Waals surface area (Å²) >= 11 is 12.5. The quantitative estimate of drug-likeness (QED) is 0.291. The summed E-state index contributed by atoms with van der Waals surface area (Å²) in [6.07, 6.45) is 4.60.